The summed E-state index contributed by atoms with van der Waals surface area (Å²) in [5.41, 5.74) is -2.63. The highest BCUT2D eigenvalue weighted by Crippen LogP contribution is 2.60. The Kier molecular flexibility index (Phi) is 2.62. The van der Waals surface area contributed by atoms with Crippen molar-refractivity contribution in [2.75, 3.05) is 6.61 Å². The molecule has 4 rings (SSSR count). The molecule has 0 aromatic rings. The maximum Gasteiger partial charge on any atom is 0.336 e. The Morgan fingerprint density at radius 1 is 1.16 bits per heavy atom. The van der Waals surface area contributed by atoms with Gasteiger partial charge in [-0.05, 0) is 25.2 Å². The second-order valence-electron chi connectivity index (χ2n) is 6.79. The van der Waals surface area contributed by atoms with Crippen molar-refractivity contribution in [1.29, 1.82) is 0 Å². The number of carbonyl (C=O) groups excluding carboxylic acids is 1. The van der Waals surface area contributed by atoms with Crippen molar-refractivity contribution in [3.63, 3.8) is 0 Å². The zero-order valence-electron chi connectivity index (χ0n) is 10.9. The lowest BCUT2D eigenvalue weighted by molar-refractivity contribution is -0.260. The molecule has 0 amide bonds. The Labute approximate surface area is 111 Å². The highest BCUT2D eigenvalue weighted by molar-refractivity contribution is 5.88. The van der Waals surface area contributed by atoms with Gasteiger partial charge in [-0.1, -0.05) is 6.58 Å². The fraction of sp³-hybridized carbons (Fsp3) is 0.786. The molecule has 0 aromatic carbocycles. The van der Waals surface area contributed by atoms with Crippen molar-refractivity contribution in [2.24, 2.45) is 5.92 Å². The lowest BCUT2D eigenvalue weighted by Crippen LogP contribution is -2.67. The minimum atomic E-state index is -0.922. The molecule has 106 valence electrons. The quantitative estimate of drug-likeness (QED) is 0.505. The van der Waals surface area contributed by atoms with Crippen LogP contribution in [0.3, 0.4) is 0 Å². The van der Waals surface area contributed by atoms with Crippen molar-refractivity contribution in [3.05, 3.63) is 12.2 Å². The van der Waals surface area contributed by atoms with E-state index in [9.17, 15) is 15.0 Å². The van der Waals surface area contributed by atoms with Gasteiger partial charge in [0.25, 0.3) is 0 Å². The largest absolute Gasteiger partial charge is 0.455 e. The van der Waals surface area contributed by atoms with Crippen molar-refractivity contribution in [1.82, 2.24) is 0 Å². The molecular weight excluding hydrogens is 248 g/mol. The molecule has 3 N–H and O–H groups in total. The van der Waals surface area contributed by atoms with Crippen LogP contribution >= 0.6 is 0 Å². The number of ether oxygens (including phenoxy) is 1. The van der Waals surface area contributed by atoms with Gasteiger partial charge in [0, 0.05) is 19.3 Å². The van der Waals surface area contributed by atoms with Crippen LogP contribution in [0.5, 0.6) is 0 Å². The van der Waals surface area contributed by atoms with Gasteiger partial charge in [-0.3, -0.25) is 0 Å². The van der Waals surface area contributed by atoms with Crippen LogP contribution in [0.4, 0.5) is 0 Å². The summed E-state index contributed by atoms with van der Waals surface area (Å²) in [4.78, 5) is 11.8. The molecule has 0 heterocycles. The fourth-order valence-electron chi connectivity index (χ4n) is 4.70. The minimum Gasteiger partial charge on any atom is -0.455 e. The fourth-order valence-corrected chi connectivity index (χ4v) is 4.70. The van der Waals surface area contributed by atoms with E-state index in [0.717, 1.165) is 0 Å². The SMILES string of the molecule is C=C(CO)C(=O)OC12CC3CC(O)(CC(O)(C3)C1)C2. The maximum atomic E-state index is 11.8. The summed E-state index contributed by atoms with van der Waals surface area (Å²) in [6.07, 6.45) is 3.16. The number of carbonyl (C=O) groups is 1. The van der Waals surface area contributed by atoms with Crippen LogP contribution in [-0.4, -0.2) is 44.7 Å². The smallest absolute Gasteiger partial charge is 0.336 e. The molecule has 0 aliphatic heterocycles. The lowest BCUT2D eigenvalue weighted by atomic mass is 9.50. The highest BCUT2D eigenvalue weighted by Gasteiger charge is 2.64. The van der Waals surface area contributed by atoms with E-state index in [1.807, 2.05) is 0 Å². The third kappa shape index (κ3) is 2.10. The standard InChI is InChI=1S/C14H20O5/c1-9(5-15)11(16)19-14-4-10-2-12(17,7-14)6-13(18,3-10)8-14/h10,15,17-18H,1-8H2. The Balaban J connectivity index is 1.85. The minimum absolute atomic E-state index is 0.00900. The van der Waals surface area contributed by atoms with Gasteiger partial charge >= 0.3 is 5.97 Å². The van der Waals surface area contributed by atoms with Crippen LogP contribution in [0.25, 0.3) is 0 Å². The summed E-state index contributed by atoms with van der Waals surface area (Å²) in [7, 11) is 0. The van der Waals surface area contributed by atoms with E-state index in [1.54, 1.807) is 0 Å². The van der Waals surface area contributed by atoms with Crippen LogP contribution in [-0.2, 0) is 9.53 Å². The normalized spacial score (nSPS) is 47.2. The first-order chi connectivity index (χ1) is 8.77. The summed E-state index contributed by atoms with van der Waals surface area (Å²) in [6, 6.07) is 0. The van der Waals surface area contributed by atoms with Crippen LogP contribution in [0.2, 0.25) is 0 Å². The number of esters is 1. The number of hydrogen-bond acceptors (Lipinski definition) is 5. The maximum absolute atomic E-state index is 11.8. The zero-order chi connectivity index (χ0) is 13.9. The number of rotatable bonds is 3. The predicted molar refractivity (Wildman–Crippen MR) is 66.1 cm³/mol. The molecule has 0 saturated heterocycles. The third-order valence-electron chi connectivity index (χ3n) is 4.75. The molecule has 5 heteroatoms. The van der Waals surface area contributed by atoms with E-state index < -0.39 is 29.4 Å². The molecule has 4 fully saturated rings. The Morgan fingerprint density at radius 3 is 2.21 bits per heavy atom. The van der Waals surface area contributed by atoms with Crippen molar-refractivity contribution in [2.45, 2.75) is 55.3 Å². The van der Waals surface area contributed by atoms with Gasteiger partial charge in [-0.25, -0.2) is 4.79 Å². The van der Waals surface area contributed by atoms with Gasteiger partial charge in [0.2, 0.25) is 0 Å². The molecule has 4 aliphatic carbocycles. The van der Waals surface area contributed by atoms with E-state index in [0.29, 0.717) is 38.5 Å². The van der Waals surface area contributed by atoms with Crippen molar-refractivity contribution >= 4 is 5.97 Å². The first-order valence-electron chi connectivity index (χ1n) is 6.74. The van der Waals surface area contributed by atoms with Gasteiger partial charge in [0.1, 0.15) is 5.60 Å². The van der Waals surface area contributed by atoms with Crippen LogP contribution < -0.4 is 0 Å². The van der Waals surface area contributed by atoms with Crippen molar-refractivity contribution < 1.29 is 24.9 Å². The molecule has 4 bridgehead atoms. The van der Waals surface area contributed by atoms with E-state index in [4.69, 9.17) is 9.84 Å². The number of hydrogen-bond donors (Lipinski definition) is 3. The summed E-state index contributed by atoms with van der Waals surface area (Å²) in [5, 5.41) is 30.0. The molecule has 0 spiro atoms. The molecule has 4 saturated carbocycles. The third-order valence-corrected chi connectivity index (χ3v) is 4.75. The second-order valence-corrected chi connectivity index (χ2v) is 6.79. The molecule has 19 heavy (non-hydrogen) atoms. The monoisotopic (exact) mass is 268 g/mol. The summed E-state index contributed by atoms with van der Waals surface area (Å²) in [6.45, 7) is 3.02. The molecule has 5 nitrogen and oxygen atoms in total. The summed E-state index contributed by atoms with van der Waals surface area (Å²) in [5.74, 6) is -0.432. The van der Waals surface area contributed by atoms with E-state index in [2.05, 4.69) is 6.58 Å². The molecular formula is C14H20O5. The average molecular weight is 268 g/mol. The molecule has 2 atom stereocenters. The van der Waals surface area contributed by atoms with E-state index in [1.165, 1.54) is 0 Å². The van der Waals surface area contributed by atoms with E-state index in [-0.39, 0.29) is 11.5 Å². The van der Waals surface area contributed by atoms with Crippen LogP contribution in [0, 0.1) is 5.92 Å². The molecule has 2 unspecified atom stereocenters. The topological polar surface area (TPSA) is 87.0 Å². The van der Waals surface area contributed by atoms with Gasteiger partial charge in [0.05, 0.1) is 23.4 Å². The molecule has 0 aromatic heterocycles. The Morgan fingerprint density at radius 2 is 1.74 bits per heavy atom. The first kappa shape index (κ1) is 13.1. The molecule has 0 radical (unpaired) electrons. The van der Waals surface area contributed by atoms with Crippen LogP contribution in [0.1, 0.15) is 38.5 Å². The lowest BCUT2D eigenvalue weighted by Gasteiger charge is -2.62. The zero-order valence-corrected chi connectivity index (χ0v) is 10.9. The average Bonchev–Trinajstić information content (AvgIpc) is 2.21. The Hall–Kier alpha value is -0.910. The Bertz CT molecular complexity index is 425. The summed E-state index contributed by atoms with van der Waals surface area (Å²) >= 11 is 0. The van der Waals surface area contributed by atoms with Gasteiger partial charge in [-0.2, -0.15) is 0 Å². The number of aliphatic hydroxyl groups excluding tert-OH is 1. The van der Waals surface area contributed by atoms with E-state index >= 15 is 0 Å². The number of aliphatic hydroxyl groups is 3. The summed E-state index contributed by atoms with van der Waals surface area (Å²) < 4.78 is 5.52. The second kappa shape index (κ2) is 3.81. The van der Waals surface area contributed by atoms with Gasteiger partial charge in [0.15, 0.2) is 0 Å². The highest BCUT2D eigenvalue weighted by atomic mass is 16.6. The van der Waals surface area contributed by atoms with Crippen molar-refractivity contribution in [3.8, 4) is 0 Å². The predicted octanol–water partition coefficient (Wildman–Crippen LogP) is 0.277. The van der Waals surface area contributed by atoms with Crippen LogP contribution in [0.15, 0.2) is 12.2 Å². The van der Waals surface area contributed by atoms with Gasteiger partial charge in [-0.15, -0.1) is 0 Å². The molecule has 4 aliphatic rings. The first-order valence-corrected chi connectivity index (χ1v) is 6.74. The van der Waals surface area contributed by atoms with Gasteiger partial charge < -0.3 is 20.1 Å².